The Bertz CT molecular complexity index is 266. The molecule has 0 bridgehead atoms. The molecule has 2 saturated carbocycles. The quantitative estimate of drug-likeness (QED) is 0.834. The van der Waals surface area contributed by atoms with Gasteiger partial charge >= 0.3 is 0 Å². The van der Waals surface area contributed by atoms with E-state index >= 15 is 0 Å². The second kappa shape index (κ2) is 5.92. The molecule has 0 aromatic rings. The predicted octanol–water partition coefficient (Wildman–Crippen LogP) is 3.40. The first-order chi connectivity index (χ1) is 8.59. The van der Waals surface area contributed by atoms with Gasteiger partial charge in [-0.3, -0.25) is 4.90 Å². The monoisotopic (exact) mass is 252 g/mol. The van der Waals surface area contributed by atoms with Crippen molar-refractivity contribution in [3.8, 4) is 0 Å². The molecule has 4 atom stereocenters. The number of nitrogens with two attached hydrogens (primary N) is 1. The topological polar surface area (TPSA) is 29.3 Å². The van der Waals surface area contributed by atoms with E-state index < -0.39 is 0 Å². The highest BCUT2D eigenvalue weighted by molar-refractivity contribution is 4.98. The summed E-state index contributed by atoms with van der Waals surface area (Å²) < 4.78 is 0. The Morgan fingerprint density at radius 1 is 1.11 bits per heavy atom. The molecule has 0 saturated heterocycles. The molecule has 0 amide bonds. The molecule has 0 aromatic heterocycles. The summed E-state index contributed by atoms with van der Waals surface area (Å²) >= 11 is 0. The lowest BCUT2D eigenvalue weighted by Crippen LogP contribution is -2.59. The standard InChI is InChI=1S/C16H32N2/c1-13-7-6-10-16(11-13,12-17)18(3)15-9-5-4-8-14(15)2/h13-15H,4-12,17H2,1-3H3. The first-order valence-electron chi connectivity index (χ1n) is 8.02. The summed E-state index contributed by atoms with van der Waals surface area (Å²) in [6.45, 7) is 5.69. The van der Waals surface area contributed by atoms with Gasteiger partial charge in [0.05, 0.1) is 0 Å². The van der Waals surface area contributed by atoms with Crippen molar-refractivity contribution in [1.82, 2.24) is 4.90 Å². The van der Waals surface area contributed by atoms with Crippen LogP contribution >= 0.6 is 0 Å². The molecule has 2 fully saturated rings. The van der Waals surface area contributed by atoms with Crippen LogP contribution in [-0.2, 0) is 0 Å². The Hall–Kier alpha value is -0.0800. The normalized spacial score (nSPS) is 42.2. The zero-order valence-electron chi connectivity index (χ0n) is 12.6. The average Bonchev–Trinajstić information content (AvgIpc) is 2.38. The Morgan fingerprint density at radius 3 is 2.44 bits per heavy atom. The van der Waals surface area contributed by atoms with Gasteiger partial charge in [0.15, 0.2) is 0 Å². The molecular weight excluding hydrogens is 220 g/mol. The third-order valence-electron chi connectivity index (χ3n) is 5.76. The van der Waals surface area contributed by atoms with E-state index in [4.69, 9.17) is 5.73 Å². The smallest absolute Gasteiger partial charge is 0.0334 e. The second-order valence-corrected chi connectivity index (χ2v) is 7.07. The molecule has 0 radical (unpaired) electrons. The molecule has 2 rings (SSSR count). The maximum Gasteiger partial charge on any atom is 0.0334 e. The molecule has 0 heterocycles. The molecule has 4 unspecified atom stereocenters. The first kappa shape index (κ1) is 14.3. The third-order valence-corrected chi connectivity index (χ3v) is 5.76. The lowest BCUT2D eigenvalue weighted by atomic mass is 9.73. The highest BCUT2D eigenvalue weighted by Gasteiger charge is 2.41. The predicted molar refractivity (Wildman–Crippen MR) is 78.6 cm³/mol. The maximum absolute atomic E-state index is 6.21. The molecule has 2 heteroatoms. The van der Waals surface area contributed by atoms with E-state index in [1.807, 2.05) is 0 Å². The van der Waals surface area contributed by atoms with E-state index in [1.54, 1.807) is 0 Å². The minimum Gasteiger partial charge on any atom is -0.329 e. The zero-order chi connectivity index (χ0) is 13.2. The number of likely N-dealkylation sites (N-methyl/N-ethyl adjacent to an activating group) is 1. The number of rotatable bonds is 3. The van der Waals surface area contributed by atoms with Crippen molar-refractivity contribution < 1.29 is 0 Å². The fourth-order valence-electron chi connectivity index (χ4n) is 4.51. The van der Waals surface area contributed by atoms with E-state index in [9.17, 15) is 0 Å². The van der Waals surface area contributed by atoms with Crippen LogP contribution in [0.1, 0.15) is 65.2 Å². The van der Waals surface area contributed by atoms with Crippen LogP contribution in [-0.4, -0.2) is 30.1 Å². The molecule has 2 N–H and O–H groups in total. The van der Waals surface area contributed by atoms with Crippen molar-refractivity contribution >= 4 is 0 Å². The summed E-state index contributed by atoms with van der Waals surface area (Å²) in [5.41, 5.74) is 6.51. The van der Waals surface area contributed by atoms with Gasteiger partial charge in [-0.2, -0.15) is 0 Å². The van der Waals surface area contributed by atoms with Crippen molar-refractivity contribution in [2.45, 2.75) is 76.8 Å². The Kier molecular flexibility index (Phi) is 4.71. The molecule has 0 aliphatic heterocycles. The van der Waals surface area contributed by atoms with Crippen molar-refractivity contribution in [3.63, 3.8) is 0 Å². The SMILES string of the molecule is CC1CCCC(CN)(N(C)C2CCCCC2C)C1. The van der Waals surface area contributed by atoms with Gasteiger partial charge in [0.1, 0.15) is 0 Å². The van der Waals surface area contributed by atoms with Gasteiger partial charge in [-0.15, -0.1) is 0 Å². The van der Waals surface area contributed by atoms with Gasteiger partial charge in [-0.25, -0.2) is 0 Å². The molecule has 2 aliphatic carbocycles. The highest BCUT2D eigenvalue weighted by Crippen LogP contribution is 2.40. The van der Waals surface area contributed by atoms with Crippen LogP contribution in [0, 0.1) is 11.8 Å². The van der Waals surface area contributed by atoms with Gasteiger partial charge in [0.25, 0.3) is 0 Å². The fraction of sp³-hybridized carbons (Fsp3) is 1.00. The van der Waals surface area contributed by atoms with Gasteiger partial charge in [0, 0.05) is 18.1 Å². The van der Waals surface area contributed by atoms with Crippen LogP contribution in [0.2, 0.25) is 0 Å². The van der Waals surface area contributed by atoms with Gasteiger partial charge in [0.2, 0.25) is 0 Å². The molecule has 0 spiro atoms. The molecule has 0 aromatic carbocycles. The Labute approximate surface area is 113 Å². The van der Waals surface area contributed by atoms with Crippen molar-refractivity contribution in [2.75, 3.05) is 13.6 Å². The summed E-state index contributed by atoms with van der Waals surface area (Å²) in [6, 6.07) is 0.771. The molecular formula is C16H32N2. The fourth-order valence-corrected chi connectivity index (χ4v) is 4.51. The lowest BCUT2D eigenvalue weighted by Gasteiger charge is -2.51. The van der Waals surface area contributed by atoms with Crippen molar-refractivity contribution in [1.29, 1.82) is 0 Å². The minimum atomic E-state index is 0.300. The highest BCUT2D eigenvalue weighted by atomic mass is 15.2. The van der Waals surface area contributed by atoms with Gasteiger partial charge in [-0.1, -0.05) is 39.5 Å². The first-order valence-corrected chi connectivity index (χ1v) is 8.02. The summed E-state index contributed by atoms with van der Waals surface area (Å²) in [5, 5.41) is 0. The number of hydrogen-bond donors (Lipinski definition) is 1. The van der Waals surface area contributed by atoms with E-state index in [-0.39, 0.29) is 0 Å². The van der Waals surface area contributed by atoms with Gasteiger partial charge < -0.3 is 5.73 Å². The number of hydrogen-bond acceptors (Lipinski definition) is 2. The summed E-state index contributed by atoms with van der Waals surface area (Å²) in [4.78, 5) is 2.70. The summed E-state index contributed by atoms with van der Waals surface area (Å²) in [5.74, 6) is 1.70. The second-order valence-electron chi connectivity index (χ2n) is 7.07. The van der Waals surface area contributed by atoms with Crippen LogP contribution in [0.25, 0.3) is 0 Å². The maximum atomic E-state index is 6.21. The third kappa shape index (κ3) is 2.75. The lowest BCUT2D eigenvalue weighted by molar-refractivity contribution is -0.00428. The molecule has 2 aliphatic rings. The Morgan fingerprint density at radius 2 is 1.83 bits per heavy atom. The van der Waals surface area contributed by atoms with E-state index in [0.717, 1.165) is 24.4 Å². The molecule has 106 valence electrons. The zero-order valence-corrected chi connectivity index (χ0v) is 12.6. The van der Waals surface area contributed by atoms with Crippen molar-refractivity contribution in [2.24, 2.45) is 17.6 Å². The number of nitrogens with zero attached hydrogens (tertiary/aromatic N) is 1. The van der Waals surface area contributed by atoms with E-state index in [2.05, 4.69) is 25.8 Å². The van der Waals surface area contributed by atoms with E-state index in [0.29, 0.717) is 5.54 Å². The van der Waals surface area contributed by atoms with Crippen LogP contribution in [0.4, 0.5) is 0 Å². The van der Waals surface area contributed by atoms with Crippen LogP contribution in [0.3, 0.4) is 0 Å². The largest absolute Gasteiger partial charge is 0.329 e. The van der Waals surface area contributed by atoms with Crippen LogP contribution in [0.15, 0.2) is 0 Å². The Balaban J connectivity index is 2.10. The van der Waals surface area contributed by atoms with Gasteiger partial charge in [-0.05, 0) is 44.6 Å². The van der Waals surface area contributed by atoms with Crippen molar-refractivity contribution in [3.05, 3.63) is 0 Å². The molecule has 2 nitrogen and oxygen atoms in total. The van der Waals surface area contributed by atoms with Crippen LogP contribution in [0.5, 0.6) is 0 Å². The summed E-state index contributed by atoms with van der Waals surface area (Å²) in [6.07, 6.45) is 11.0. The van der Waals surface area contributed by atoms with E-state index in [1.165, 1.54) is 51.4 Å². The van der Waals surface area contributed by atoms with Crippen LogP contribution < -0.4 is 5.73 Å². The molecule has 18 heavy (non-hydrogen) atoms. The average molecular weight is 252 g/mol. The summed E-state index contributed by atoms with van der Waals surface area (Å²) in [7, 11) is 2.36. The minimum absolute atomic E-state index is 0.300.